The van der Waals surface area contributed by atoms with E-state index >= 15 is 0 Å². The van der Waals surface area contributed by atoms with Crippen molar-refractivity contribution in [3.05, 3.63) is 66.8 Å². The van der Waals surface area contributed by atoms with Crippen LogP contribution in [0.4, 0.5) is 0 Å². The summed E-state index contributed by atoms with van der Waals surface area (Å²) in [6, 6.07) is 10.0. The molecule has 1 aliphatic rings. The first-order chi connectivity index (χ1) is 6.86. The van der Waals surface area contributed by atoms with Gasteiger partial charge in [-0.2, -0.15) is 0 Å². The van der Waals surface area contributed by atoms with E-state index in [1.165, 1.54) is 18.4 Å². The molecule has 1 aromatic rings. The van der Waals surface area contributed by atoms with Gasteiger partial charge in [0.1, 0.15) is 0 Å². The molecule has 1 aliphatic carbocycles. The zero-order valence-corrected chi connectivity index (χ0v) is 8.45. The molecule has 0 aromatic heterocycles. The number of benzene rings is 1. The van der Waals surface area contributed by atoms with E-state index in [2.05, 4.69) is 19.2 Å². The van der Waals surface area contributed by atoms with Crippen LogP contribution in [-0.2, 0) is 0 Å². The highest BCUT2D eigenvalue weighted by Gasteiger charge is 2.07. The minimum Gasteiger partial charge on any atom is -0.0991 e. The average Bonchev–Trinajstić information content (AvgIpc) is 3.05. The summed E-state index contributed by atoms with van der Waals surface area (Å²) in [7, 11) is 0. The van der Waals surface area contributed by atoms with Crippen LogP contribution in [0.25, 0.3) is 6.08 Å². The summed E-state index contributed by atoms with van der Waals surface area (Å²) in [6.07, 6.45) is 8.39. The van der Waals surface area contributed by atoms with Gasteiger partial charge in [-0.3, -0.25) is 0 Å². The molecule has 0 saturated heterocycles. The predicted octanol–water partition coefficient (Wildman–Crippen LogP) is 4.22. The Kier molecular flexibility index (Phi) is 4.49. The first-order valence-electron chi connectivity index (χ1n) is 4.84. The Balaban J connectivity index is 0.000000146. The van der Waals surface area contributed by atoms with Gasteiger partial charge in [-0.05, 0) is 18.4 Å². The van der Waals surface area contributed by atoms with Gasteiger partial charge in [0.15, 0.2) is 0 Å². The topological polar surface area (TPSA) is 0 Å². The van der Waals surface area contributed by atoms with Crippen molar-refractivity contribution < 1.29 is 0 Å². The van der Waals surface area contributed by atoms with E-state index < -0.39 is 0 Å². The molecule has 0 unspecified atom stereocenters. The van der Waals surface area contributed by atoms with Crippen LogP contribution in [0.15, 0.2) is 61.2 Å². The number of hydrogen-bond donors (Lipinski definition) is 0. The van der Waals surface area contributed by atoms with Crippen molar-refractivity contribution in [3.8, 4) is 0 Å². The SMILES string of the molecule is C=CC=C1CC1.C=Cc1ccccc1. The van der Waals surface area contributed by atoms with Gasteiger partial charge < -0.3 is 0 Å². The van der Waals surface area contributed by atoms with Crippen molar-refractivity contribution in [2.24, 2.45) is 0 Å². The highest BCUT2D eigenvalue weighted by Crippen LogP contribution is 2.26. The average molecular weight is 184 g/mol. The fourth-order valence-corrected chi connectivity index (χ4v) is 0.995. The van der Waals surface area contributed by atoms with Crippen molar-refractivity contribution >= 4 is 6.08 Å². The Morgan fingerprint density at radius 1 is 1.00 bits per heavy atom. The molecule has 0 spiro atoms. The van der Waals surface area contributed by atoms with Crippen LogP contribution >= 0.6 is 0 Å². The van der Waals surface area contributed by atoms with Gasteiger partial charge in [0, 0.05) is 0 Å². The van der Waals surface area contributed by atoms with Gasteiger partial charge >= 0.3 is 0 Å². The summed E-state index contributed by atoms with van der Waals surface area (Å²) in [5, 5.41) is 0. The third kappa shape index (κ3) is 4.46. The van der Waals surface area contributed by atoms with Gasteiger partial charge in [0.25, 0.3) is 0 Å². The van der Waals surface area contributed by atoms with E-state index in [0.29, 0.717) is 0 Å². The minimum atomic E-state index is 1.17. The first kappa shape index (κ1) is 10.5. The molecule has 0 atom stereocenters. The molecule has 0 radical (unpaired) electrons. The Morgan fingerprint density at radius 3 is 1.93 bits per heavy atom. The summed E-state index contributed by atoms with van der Waals surface area (Å²) in [5.74, 6) is 0. The highest BCUT2D eigenvalue weighted by atomic mass is 14.1. The van der Waals surface area contributed by atoms with Crippen molar-refractivity contribution in [2.75, 3.05) is 0 Å². The Morgan fingerprint density at radius 2 is 1.64 bits per heavy atom. The van der Waals surface area contributed by atoms with Gasteiger partial charge in [-0.15, -0.1) is 0 Å². The van der Waals surface area contributed by atoms with Gasteiger partial charge in [-0.1, -0.05) is 67.3 Å². The summed E-state index contributed by atoms with van der Waals surface area (Å²) in [5.41, 5.74) is 2.72. The lowest BCUT2D eigenvalue weighted by atomic mass is 10.2. The largest absolute Gasteiger partial charge is 0.0991 e. The second kappa shape index (κ2) is 5.98. The molecule has 0 heteroatoms. The second-order valence-corrected chi connectivity index (χ2v) is 3.18. The van der Waals surface area contributed by atoms with Crippen LogP contribution in [-0.4, -0.2) is 0 Å². The minimum absolute atomic E-state index is 1.17. The standard InChI is InChI=1S/C8H8.C6H8/c1-2-8-6-4-3-5-7-8;1-2-3-6-4-5-6/h2-7H,1H2;2-3H,1,4-5H2. The van der Waals surface area contributed by atoms with E-state index in [9.17, 15) is 0 Å². The highest BCUT2D eigenvalue weighted by molar-refractivity contribution is 5.45. The smallest absolute Gasteiger partial charge is 0.0263 e. The third-order valence-electron chi connectivity index (χ3n) is 1.93. The third-order valence-corrected chi connectivity index (χ3v) is 1.93. The van der Waals surface area contributed by atoms with Gasteiger partial charge in [-0.25, -0.2) is 0 Å². The van der Waals surface area contributed by atoms with Gasteiger partial charge in [0.05, 0.1) is 0 Å². The van der Waals surface area contributed by atoms with Crippen LogP contribution in [0.3, 0.4) is 0 Å². The Hall–Kier alpha value is -1.56. The fourth-order valence-electron chi connectivity index (χ4n) is 0.995. The molecular formula is C14H16. The maximum atomic E-state index is 3.63. The quantitative estimate of drug-likeness (QED) is 0.645. The maximum Gasteiger partial charge on any atom is -0.0263 e. The zero-order valence-electron chi connectivity index (χ0n) is 8.45. The van der Waals surface area contributed by atoms with Crippen molar-refractivity contribution in [2.45, 2.75) is 12.8 Å². The lowest BCUT2D eigenvalue weighted by Gasteiger charge is -1.85. The molecule has 0 nitrogen and oxygen atoms in total. The molecule has 0 aliphatic heterocycles. The lowest BCUT2D eigenvalue weighted by molar-refractivity contribution is 1.50. The van der Waals surface area contributed by atoms with E-state index in [4.69, 9.17) is 0 Å². The lowest BCUT2D eigenvalue weighted by Crippen LogP contribution is -1.63. The predicted molar refractivity (Wildman–Crippen MR) is 64.0 cm³/mol. The number of rotatable bonds is 2. The molecule has 1 aromatic carbocycles. The van der Waals surface area contributed by atoms with Crippen LogP contribution < -0.4 is 0 Å². The molecule has 0 bridgehead atoms. The first-order valence-corrected chi connectivity index (χ1v) is 4.84. The van der Waals surface area contributed by atoms with E-state index in [1.807, 2.05) is 42.5 Å². The molecule has 0 amide bonds. The van der Waals surface area contributed by atoms with Crippen LogP contribution in [0.2, 0.25) is 0 Å². The van der Waals surface area contributed by atoms with Crippen molar-refractivity contribution in [1.82, 2.24) is 0 Å². The number of allylic oxidation sites excluding steroid dienone is 3. The molecule has 0 heterocycles. The van der Waals surface area contributed by atoms with Crippen LogP contribution in [0, 0.1) is 0 Å². The summed E-state index contributed by atoms with van der Waals surface area (Å²) < 4.78 is 0. The van der Waals surface area contributed by atoms with Crippen molar-refractivity contribution in [1.29, 1.82) is 0 Å². The summed E-state index contributed by atoms with van der Waals surface area (Å²) >= 11 is 0. The van der Waals surface area contributed by atoms with Crippen LogP contribution in [0.5, 0.6) is 0 Å². The fraction of sp³-hybridized carbons (Fsp3) is 0.143. The molecule has 0 N–H and O–H groups in total. The van der Waals surface area contributed by atoms with Crippen LogP contribution in [0.1, 0.15) is 18.4 Å². The maximum absolute atomic E-state index is 3.63. The normalized spacial score (nSPS) is 12.1. The molecule has 72 valence electrons. The van der Waals surface area contributed by atoms with Gasteiger partial charge in [0.2, 0.25) is 0 Å². The van der Waals surface area contributed by atoms with E-state index in [-0.39, 0.29) is 0 Å². The molecule has 14 heavy (non-hydrogen) atoms. The zero-order chi connectivity index (χ0) is 10.2. The van der Waals surface area contributed by atoms with E-state index in [0.717, 1.165) is 0 Å². The monoisotopic (exact) mass is 184 g/mol. The molecule has 1 saturated carbocycles. The van der Waals surface area contributed by atoms with E-state index in [1.54, 1.807) is 5.57 Å². The Bertz CT molecular complexity index is 311. The molecule has 1 fully saturated rings. The summed E-state index contributed by atoms with van der Waals surface area (Å²) in [4.78, 5) is 0. The molecule has 2 rings (SSSR count). The number of hydrogen-bond acceptors (Lipinski definition) is 0. The molecular weight excluding hydrogens is 168 g/mol. The second-order valence-electron chi connectivity index (χ2n) is 3.18. The van der Waals surface area contributed by atoms with Crippen molar-refractivity contribution in [3.63, 3.8) is 0 Å². The summed E-state index contributed by atoms with van der Waals surface area (Å²) in [6.45, 7) is 7.20. The Labute approximate surface area is 86.3 Å².